The van der Waals surface area contributed by atoms with E-state index in [1.807, 2.05) is 25.1 Å². The third-order valence-electron chi connectivity index (χ3n) is 12.1. The maximum absolute atomic E-state index is 6.55. The number of hydrogen-bond donors (Lipinski definition) is 0. The van der Waals surface area contributed by atoms with Crippen LogP contribution in [0.4, 0.5) is 0 Å². The van der Waals surface area contributed by atoms with Gasteiger partial charge in [-0.3, -0.25) is 0 Å². The predicted molar refractivity (Wildman–Crippen MR) is 234 cm³/mol. The third-order valence-corrected chi connectivity index (χ3v) is 12.1. The number of nitrogens with zero attached hydrogens (tertiary/aromatic N) is 7. The molecule has 0 N–H and O–H groups in total. The lowest BCUT2D eigenvalue weighted by atomic mass is 9.77. The van der Waals surface area contributed by atoms with Gasteiger partial charge in [-0.25, -0.2) is 9.97 Å². The molecule has 1 aliphatic heterocycles. The Balaban J connectivity index is 1.17. The van der Waals surface area contributed by atoms with Crippen molar-refractivity contribution in [2.24, 2.45) is 0 Å². The number of aromatic nitrogens is 7. The molecule has 10 heteroatoms. The van der Waals surface area contributed by atoms with Crippen LogP contribution in [0.2, 0.25) is 0 Å². The molecule has 0 saturated carbocycles. The van der Waals surface area contributed by atoms with E-state index in [0.29, 0.717) is 12.4 Å². The molecule has 9 nitrogen and oxygen atoms in total. The van der Waals surface area contributed by atoms with E-state index >= 15 is 0 Å². The first-order chi connectivity index (χ1) is 28.5. The lowest BCUT2D eigenvalue weighted by Crippen LogP contribution is -2.41. The molecule has 1 fully saturated rings. The fourth-order valence-corrected chi connectivity index (χ4v) is 8.33. The van der Waals surface area contributed by atoms with Gasteiger partial charge >= 0.3 is 7.12 Å². The zero-order chi connectivity index (χ0) is 40.9. The average Bonchev–Trinajstić information content (AvgIpc) is 3.93. The second-order valence-corrected chi connectivity index (χ2v) is 16.5. The van der Waals surface area contributed by atoms with Crippen LogP contribution in [0.3, 0.4) is 0 Å². The third kappa shape index (κ3) is 6.66. The Morgan fingerprint density at radius 1 is 0.661 bits per heavy atom. The van der Waals surface area contributed by atoms with Gasteiger partial charge in [0.2, 0.25) is 5.82 Å². The molecule has 1 saturated heterocycles. The molecule has 8 aromatic rings. The van der Waals surface area contributed by atoms with Crippen LogP contribution in [-0.2, 0) is 27.8 Å². The van der Waals surface area contributed by atoms with Gasteiger partial charge in [-0.15, -0.1) is 15.0 Å². The van der Waals surface area contributed by atoms with Crippen LogP contribution >= 0.6 is 0 Å². The summed E-state index contributed by atoms with van der Waals surface area (Å²) in [6, 6.07) is 48.3. The molecule has 59 heavy (non-hydrogen) atoms. The molecule has 294 valence electrons. The van der Waals surface area contributed by atoms with Crippen molar-refractivity contribution >= 4 is 23.7 Å². The number of pyridine rings is 1. The first kappa shape index (κ1) is 38.3. The molecule has 4 heterocycles. The Morgan fingerprint density at radius 3 is 1.80 bits per heavy atom. The quantitative estimate of drug-likeness (QED) is 0.101. The summed E-state index contributed by atoms with van der Waals surface area (Å²) in [5.41, 5.74) is 10.1. The molecular formula is C49H48BN7O2. The van der Waals surface area contributed by atoms with Crippen molar-refractivity contribution in [3.63, 3.8) is 0 Å². The van der Waals surface area contributed by atoms with Gasteiger partial charge in [0.25, 0.3) is 0 Å². The second-order valence-electron chi connectivity index (χ2n) is 16.5. The Labute approximate surface area is 346 Å². The number of imidazole rings is 1. The molecule has 0 spiro atoms. The lowest BCUT2D eigenvalue weighted by molar-refractivity contribution is 0.00578. The molecule has 5 aromatic carbocycles. The normalized spacial score (nSPS) is 14.9. The first-order valence-electron chi connectivity index (χ1n) is 20.4. The van der Waals surface area contributed by atoms with E-state index in [4.69, 9.17) is 34.7 Å². The number of fused-ring (bicyclic) bond motifs is 1. The van der Waals surface area contributed by atoms with E-state index in [1.165, 1.54) is 0 Å². The average molecular weight is 778 g/mol. The summed E-state index contributed by atoms with van der Waals surface area (Å²) in [5.74, 6) is 1.53. The Kier molecular flexibility index (Phi) is 9.65. The molecule has 0 aliphatic carbocycles. The van der Waals surface area contributed by atoms with E-state index in [1.54, 1.807) is 4.80 Å². The summed E-state index contributed by atoms with van der Waals surface area (Å²) < 4.78 is 15.3. The molecule has 0 amide bonds. The highest BCUT2D eigenvalue weighted by molar-refractivity contribution is 6.62. The Morgan fingerprint density at radius 2 is 1.24 bits per heavy atom. The van der Waals surface area contributed by atoms with Crippen LogP contribution in [0.15, 0.2) is 140 Å². The van der Waals surface area contributed by atoms with Crippen LogP contribution in [0.5, 0.6) is 0 Å². The van der Waals surface area contributed by atoms with E-state index in [9.17, 15) is 0 Å². The topological polar surface area (TPSA) is 92.8 Å². The maximum atomic E-state index is 6.55. The number of hydrogen-bond acceptors (Lipinski definition) is 7. The van der Waals surface area contributed by atoms with Crippen molar-refractivity contribution in [1.82, 2.24) is 34.7 Å². The number of tetrazole rings is 1. The Hall–Kier alpha value is -6.23. The maximum Gasteiger partial charge on any atom is 0.494 e. The molecule has 0 unspecified atom stereocenters. The molecule has 9 rings (SSSR count). The van der Waals surface area contributed by atoms with Crippen LogP contribution in [0.1, 0.15) is 74.0 Å². The zero-order valence-electron chi connectivity index (χ0n) is 34.7. The summed E-state index contributed by atoms with van der Waals surface area (Å²) in [4.78, 5) is 11.7. The van der Waals surface area contributed by atoms with Crippen LogP contribution in [-0.4, -0.2) is 53.1 Å². The van der Waals surface area contributed by atoms with E-state index in [2.05, 4.69) is 167 Å². The Bertz CT molecular complexity index is 2650. The molecule has 0 bridgehead atoms. The lowest BCUT2D eigenvalue weighted by Gasteiger charge is -2.34. The predicted octanol–water partition coefficient (Wildman–Crippen LogP) is 9.12. The highest BCUT2D eigenvalue weighted by atomic mass is 16.7. The summed E-state index contributed by atoms with van der Waals surface area (Å²) in [5, 5.41) is 15.0. The van der Waals surface area contributed by atoms with Gasteiger partial charge in [0, 0.05) is 17.7 Å². The smallest absolute Gasteiger partial charge is 0.399 e. The SMILES string of the molecule is CCc1nc2c(C)cc(C)nc2n1Cc1ccc(-c2cc(B3OC(C)(C)C(C)(C)O3)ccc2-c2nnn(C(c3ccccc3)(c3ccccc3)c3ccccc3)n2)cc1. The first-order valence-corrected chi connectivity index (χ1v) is 20.4. The molecule has 3 aromatic heterocycles. The number of aryl methyl sites for hydroxylation is 3. The van der Waals surface area contributed by atoms with Crippen molar-refractivity contribution < 1.29 is 9.31 Å². The van der Waals surface area contributed by atoms with Crippen molar-refractivity contribution in [2.75, 3.05) is 0 Å². The van der Waals surface area contributed by atoms with E-state index in [0.717, 1.165) is 79.1 Å². The van der Waals surface area contributed by atoms with Crippen LogP contribution in [0, 0.1) is 13.8 Å². The van der Waals surface area contributed by atoms with Gasteiger partial charge in [-0.05, 0) is 97.2 Å². The summed E-state index contributed by atoms with van der Waals surface area (Å²) in [7, 11) is -0.543. The number of rotatable bonds is 10. The minimum atomic E-state index is -0.903. The van der Waals surface area contributed by atoms with Crippen LogP contribution < -0.4 is 5.46 Å². The highest BCUT2D eigenvalue weighted by Crippen LogP contribution is 2.41. The van der Waals surface area contributed by atoms with Gasteiger partial charge in [0.05, 0.1) is 17.7 Å². The summed E-state index contributed by atoms with van der Waals surface area (Å²) >= 11 is 0. The second kappa shape index (κ2) is 14.9. The fourth-order valence-electron chi connectivity index (χ4n) is 8.33. The zero-order valence-corrected chi connectivity index (χ0v) is 34.7. The minimum absolute atomic E-state index is 0.487. The van der Waals surface area contributed by atoms with Crippen molar-refractivity contribution in [3.8, 4) is 22.5 Å². The molecule has 0 radical (unpaired) electrons. The van der Waals surface area contributed by atoms with Gasteiger partial charge in [0.1, 0.15) is 11.3 Å². The van der Waals surface area contributed by atoms with Crippen molar-refractivity contribution in [3.05, 3.63) is 179 Å². The minimum Gasteiger partial charge on any atom is -0.399 e. The van der Waals surface area contributed by atoms with E-state index < -0.39 is 23.9 Å². The molecule has 0 atom stereocenters. The van der Waals surface area contributed by atoms with Gasteiger partial charge in [-0.1, -0.05) is 140 Å². The highest BCUT2D eigenvalue weighted by Gasteiger charge is 2.52. The molecular weight excluding hydrogens is 729 g/mol. The summed E-state index contributed by atoms with van der Waals surface area (Å²) in [6.45, 7) is 15.3. The largest absolute Gasteiger partial charge is 0.494 e. The van der Waals surface area contributed by atoms with Crippen molar-refractivity contribution in [1.29, 1.82) is 0 Å². The van der Waals surface area contributed by atoms with E-state index in [-0.39, 0.29) is 0 Å². The van der Waals surface area contributed by atoms with Gasteiger partial charge in [-0.2, -0.15) is 0 Å². The monoisotopic (exact) mass is 777 g/mol. The summed E-state index contributed by atoms with van der Waals surface area (Å²) in [6.07, 6.45) is 0.815. The van der Waals surface area contributed by atoms with Crippen LogP contribution in [0.25, 0.3) is 33.7 Å². The van der Waals surface area contributed by atoms with Crippen molar-refractivity contribution in [2.45, 2.75) is 78.2 Å². The van der Waals surface area contributed by atoms with Gasteiger partial charge < -0.3 is 13.9 Å². The fraction of sp³-hybridized carbons (Fsp3) is 0.245. The number of benzene rings is 5. The molecule has 1 aliphatic rings. The standard InChI is InChI=1S/C49H48BN7O2/c1-8-43-52-44-33(2)30-34(3)51-46(44)56(43)32-35-24-26-36(27-25-35)42-31-40(50-58-47(4,5)48(6,7)59-50)28-29-41(42)45-53-55-57(54-45)49(37-18-12-9-13-19-37,38-20-14-10-15-21-38)39-22-16-11-17-23-39/h9-31H,8,32H2,1-7H3. The van der Waals surface area contributed by atoms with Gasteiger partial charge in [0.15, 0.2) is 11.2 Å².